The molecule has 1 saturated carbocycles. The van der Waals surface area contributed by atoms with E-state index in [9.17, 15) is 19.2 Å². The second-order valence-corrected chi connectivity index (χ2v) is 17.1. The Morgan fingerprint density at radius 2 is 1.39 bits per heavy atom. The van der Waals surface area contributed by atoms with Crippen molar-refractivity contribution in [1.29, 1.82) is 0 Å². The number of rotatable bonds is 10. The third kappa shape index (κ3) is 8.98. The number of hydrogen-bond acceptors (Lipinski definition) is 9. The molecule has 4 aliphatic heterocycles. The summed E-state index contributed by atoms with van der Waals surface area (Å²) in [7, 11) is 2.60. The molecule has 4 heterocycles. The predicted molar refractivity (Wildman–Crippen MR) is 235 cm³/mol. The normalized spacial score (nSPS) is 22.9. The van der Waals surface area contributed by atoms with E-state index in [1.54, 1.807) is 0 Å². The maximum absolute atomic E-state index is 13.9. The van der Waals surface area contributed by atoms with Gasteiger partial charge in [0, 0.05) is 73.6 Å². The maximum Gasteiger partial charge on any atom is 0.425 e. The Morgan fingerprint density at radius 3 is 2.10 bits per heavy atom. The summed E-state index contributed by atoms with van der Waals surface area (Å²) in [5.74, 6) is -0.508. The number of likely N-dealkylation sites (tertiary alicyclic amines) is 1. The quantitative estimate of drug-likeness (QED) is 0.197. The van der Waals surface area contributed by atoms with Crippen LogP contribution in [0.25, 0.3) is 33.0 Å². The van der Waals surface area contributed by atoms with Crippen LogP contribution < -0.4 is 10.7 Å². The molecule has 1 aliphatic carbocycles. The van der Waals surface area contributed by atoms with Gasteiger partial charge in [-0.15, -0.1) is 0 Å². The van der Waals surface area contributed by atoms with Crippen molar-refractivity contribution in [3.63, 3.8) is 0 Å². The molecule has 2 N–H and O–H groups in total. The van der Waals surface area contributed by atoms with Crippen molar-refractivity contribution in [2.45, 2.75) is 89.8 Å². The molecule has 5 aliphatic rings. The fourth-order valence-electron chi connectivity index (χ4n) is 9.71. The zero-order valence-electron chi connectivity index (χ0n) is 35.5. The highest BCUT2D eigenvalue weighted by molar-refractivity contribution is 6.05. The molecule has 2 saturated heterocycles. The van der Waals surface area contributed by atoms with Crippen molar-refractivity contribution < 1.29 is 33.4 Å². The van der Waals surface area contributed by atoms with E-state index in [1.165, 1.54) is 19.2 Å². The van der Waals surface area contributed by atoms with E-state index in [1.807, 2.05) is 31.1 Å². The van der Waals surface area contributed by atoms with E-state index >= 15 is 0 Å². The van der Waals surface area contributed by atoms with Gasteiger partial charge >= 0.3 is 12.2 Å². The Hall–Kier alpha value is -5.82. The Labute approximate surface area is 357 Å². The van der Waals surface area contributed by atoms with Gasteiger partial charge in [-0.05, 0) is 102 Å². The minimum atomic E-state index is -0.691. The number of carbonyl (C=O) groups is 4. The Kier molecular flexibility index (Phi) is 12.7. The number of aliphatic imine (C=N–C) groups is 2. The van der Waals surface area contributed by atoms with E-state index in [0.717, 1.165) is 94.1 Å². The first kappa shape index (κ1) is 41.9. The lowest BCUT2D eigenvalue weighted by molar-refractivity contribution is -0.142. The Morgan fingerprint density at radius 1 is 0.754 bits per heavy atom. The smallest absolute Gasteiger partial charge is 0.425 e. The minimum Gasteiger partial charge on any atom is -0.453 e. The highest BCUT2D eigenvalue weighted by atomic mass is 16.5. The molecule has 61 heavy (non-hydrogen) atoms. The standard InChI is InChI=1S/C48H56N6O7/c1-29(2)54(52-48(58)60-4)45(55)40-9-6-5-8-39(40)41-24-38(27-49-41)35-18-17-33-22-32(15-16-34(33)23-35)30-11-13-31(14-12-30)37-25-42(50-26-37)43-10-7-20-53(43)46(56)44(51-47(57)59-3)36-19-21-61-28-36/h11-18,22-23,26-27,29,36,39-40,43-44H,5-10,19-21,24-25,28H2,1-4H3,(H,51,57)(H,52,58)/t36?,39?,40-,43+,44?/m1/s1. The third-order valence-electron chi connectivity index (χ3n) is 13.1. The maximum atomic E-state index is 13.9. The summed E-state index contributed by atoms with van der Waals surface area (Å²) in [5.41, 5.74) is 11.4. The van der Waals surface area contributed by atoms with Crippen LogP contribution in [0, 0.1) is 17.8 Å². The molecular weight excluding hydrogens is 773 g/mol. The van der Waals surface area contributed by atoms with E-state index in [2.05, 4.69) is 71.4 Å². The molecule has 4 amide bonds. The molecule has 320 valence electrons. The second kappa shape index (κ2) is 18.4. The molecule has 5 atom stereocenters. The van der Waals surface area contributed by atoms with Gasteiger partial charge < -0.3 is 24.4 Å². The molecular formula is C48H56N6O7. The van der Waals surface area contributed by atoms with Crippen molar-refractivity contribution in [2.75, 3.05) is 34.0 Å². The van der Waals surface area contributed by atoms with Gasteiger partial charge in [-0.2, -0.15) is 0 Å². The average molecular weight is 829 g/mol. The molecule has 3 aromatic rings. The van der Waals surface area contributed by atoms with Gasteiger partial charge in [0.2, 0.25) is 11.8 Å². The number of methoxy groups -OCH3 is 2. The van der Waals surface area contributed by atoms with Gasteiger partial charge in [0.05, 0.1) is 26.9 Å². The number of nitrogens with zero attached hydrogens (tertiary/aromatic N) is 4. The molecule has 13 nitrogen and oxygen atoms in total. The number of alkyl carbamates (subject to hydrolysis) is 1. The minimum absolute atomic E-state index is 0.0199. The first-order valence-corrected chi connectivity index (χ1v) is 21.7. The summed E-state index contributed by atoms with van der Waals surface area (Å²) in [6, 6.07) is 20.7. The molecule has 0 bridgehead atoms. The predicted octanol–water partition coefficient (Wildman–Crippen LogP) is 7.94. The van der Waals surface area contributed by atoms with Gasteiger partial charge in [-0.3, -0.25) is 19.6 Å². The second-order valence-electron chi connectivity index (χ2n) is 17.1. The van der Waals surface area contributed by atoms with Crippen molar-refractivity contribution in [3.8, 4) is 11.1 Å². The van der Waals surface area contributed by atoms with Crippen molar-refractivity contribution in [1.82, 2.24) is 20.7 Å². The zero-order chi connectivity index (χ0) is 42.6. The summed E-state index contributed by atoms with van der Waals surface area (Å²) in [4.78, 5) is 63.5. The van der Waals surface area contributed by atoms with E-state index in [0.29, 0.717) is 39.0 Å². The Balaban J connectivity index is 0.889. The first-order valence-electron chi connectivity index (χ1n) is 21.7. The lowest BCUT2D eigenvalue weighted by atomic mass is 9.74. The van der Waals surface area contributed by atoms with Crippen molar-refractivity contribution >= 4 is 57.3 Å². The number of amides is 4. The molecule has 0 radical (unpaired) electrons. The highest BCUT2D eigenvalue weighted by Gasteiger charge is 2.42. The molecule has 3 unspecified atom stereocenters. The summed E-state index contributed by atoms with van der Waals surface area (Å²) < 4.78 is 15.2. The zero-order valence-corrected chi connectivity index (χ0v) is 35.5. The van der Waals surface area contributed by atoms with Gasteiger partial charge in [-0.25, -0.2) is 20.0 Å². The van der Waals surface area contributed by atoms with Crippen LogP contribution in [0.2, 0.25) is 0 Å². The molecule has 8 rings (SSSR count). The van der Waals surface area contributed by atoms with Crippen LogP contribution in [-0.4, -0.2) is 97.4 Å². The number of hydrazine groups is 1. The summed E-state index contributed by atoms with van der Waals surface area (Å²) in [6.07, 6.45) is 10.1. The van der Waals surface area contributed by atoms with Crippen LogP contribution in [0.3, 0.4) is 0 Å². The summed E-state index contributed by atoms with van der Waals surface area (Å²) in [5, 5.41) is 6.49. The van der Waals surface area contributed by atoms with Gasteiger partial charge in [0.25, 0.3) is 0 Å². The van der Waals surface area contributed by atoms with Crippen LogP contribution in [0.4, 0.5) is 9.59 Å². The number of fused-ring (bicyclic) bond motifs is 1. The number of hydrogen-bond donors (Lipinski definition) is 2. The summed E-state index contributed by atoms with van der Waals surface area (Å²) >= 11 is 0. The van der Waals surface area contributed by atoms with Gasteiger partial charge in [-0.1, -0.05) is 61.4 Å². The topological polar surface area (TPSA) is 151 Å². The van der Waals surface area contributed by atoms with Crippen LogP contribution in [0.15, 0.2) is 83.0 Å². The average Bonchev–Trinajstić information content (AvgIpc) is 4.15. The van der Waals surface area contributed by atoms with E-state index in [-0.39, 0.29) is 41.7 Å². The number of nitrogens with one attached hydrogen (secondary N) is 2. The number of carbonyl (C=O) groups excluding carboxylic acids is 4. The SMILES string of the molecule is COC(=O)NC(C(=O)N1CCC[C@H]1C1=NC=C(c2ccc(-c3ccc4cc(C5=CN=C(C6CCCC[C@H]6C(=O)N(NC(=O)OC)C(C)C)C5)ccc4c3)cc2)C1)C1CCOC1. The molecule has 3 fully saturated rings. The van der Waals surface area contributed by atoms with E-state index < -0.39 is 18.2 Å². The fourth-order valence-corrected chi connectivity index (χ4v) is 9.71. The largest absolute Gasteiger partial charge is 0.453 e. The molecule has 3 aromatic carbocycles. The van der Waals surface area contributed by atoms with Crippen LogP contribution >= 0.6 is 0 Å². The van der Waals surface area contributed by atoms with Crippen LogP contribution in [0.5, 0.6) is 0 Å². The number of ether oxygens (including phenoxy) is 3. The lowest BCUT2D eigenvalue weighted by Crippen LogP contribution is -2.54. The number of allylic oxidation sites excluding steroid dienone is 2. The van der Waals surface area contributed by atoms with Crippen LogP contribution in [0.1, 0.15) is 82.8 Å². The fraction of sp³-hybridized carbons (Fsp3) is 0.458. The van der Waals surface area contributed by atoms with Crippen molar-refractivity contribution in [3.05, 3.63) is 84.2 Å². The van der Waals surface area contributed by atoms with Gasteiger partial charge in [0.15, 0.2) is 0 Å². The summed E-state index contributed by atoms with van der Waals surface area (Å²) in [6.45, 7) is 5.40. The van der Waals surface area contributed by atoms with Crippen molar-refractivity contribution in [2.24, 2.45) is 27.7 Å². The number of benzene rings is 3. The van der Waals surface area contributed by atoms with Crippen LogP contribution in [-0.2, 0) is 23.8 Å². The third-order valence-corrected chi connectivity index (χ3v) is 13.1. The van der Waals surface area contributed by atoms with E-state index in [4.69, 9.17) is 24.2 Å². The molecule has 0 spiro atoms. The van der Waals surface area contributed by atoms with Gasteiger partial charge in [0.1, 0.15) is 6.04 Å². The molecule has 0 aromatic heterocycles. The molecule has 13 heteroatoms. The highest BCUT2D eigenvalue weighted by Crippen LogP contribution is 2.39. The monoisotopic (exact) mass is 828 g/mol. The Bertz CT molecular complexity index is 2290. The first-order chi connectivity index (χ1) is 29.6. The lowest BCUT2D eigenvalue weighted by Gasteiger charge is -2.36.